The summed E-state index contributed by atoms with van der Waals surface area (Å²) in [4.78, 5) is 0. The topological polar surface area (TPSA) is 20.2 Å². The van der Waals surface area contributed by atoms with Gasteiger partial charge in [-0.15, -0.1) is 0 Å². The molecule has 0 bridgehead atoms. The van der Waals surface area contributed by atoms with E-state index < -0.39 is 0 Å². The van der Waals surface area contributed by atoms with E-state index in [-0.39, 0.29) is 30.5 Å². The van der Waals surface area contributed by atoms with Crippen LogP contribution in [0, 0.1) is 14.0 Å². The molecular formula is C3H8MgO. The first kappa shape index (κ1) is 17.2. The van der Waals surface area contributed by atoms with Gasteiger partial charge in [-0.3, -0.25) is 0 Å². The van der Waals surface area contributed by atoms with Crippen molar-refractivity contribution in [1.82, 2.24) is 0 Å². The van der Waals surface area contributed by atoms with Gasteiger partial charge in [0.25, 0.3) is 0 Å². The van der Waals surface area contributed by atoms with Crippen molar-refractivity contribution in [2.75, 3.05) is 0 Å². The Bertz CT molecular complexity index is 6.85. The summed E-state index contributed by atoms with van der Waals surface area (Å²) in [7, 11) is 0. The van der Waals surface area contributed by atoms with Gasteiger partial charge in [0, 0.05) is 0 Å². The molecule has 5 heavy (non-hydrogen) atoms. The minimum atomic E-state index is 0. The Hall–Kier alpha value is 0.726. The van der Waals surface area contributed by atoms with Crippen molar-refractivity contribution >= 4 is 23.1 Å². The van der Waals surface area contributed by atoms with Crippen LogP contribution in [0.25, 0.3) is 0 Å². The zero-order valence-corrected chi connectivity index (χ0v) is 5.15. The van der Waals surface area contributed by atoms with Crippen LogP contribution in [0.3, 0.4) is 0 Å². The van der Waals surface area contributed by atoms with Crippen molar-refractivity contribution in [3.8, 4) is 0 Å². The summed E-state index contributed by atoms with van der Waals surface area (Å²) in [6.07, 6.45) is 0. The third-order valence-corrected chi connectivity index (χ3v) is 0. The first-order valence-corrected chi connectivity index (χ1v) is 0.836. The maximum atomic E-state index is 7.44. The molecule has 0 aliphatic heterocycles. The van der Waals surface area contributed by atoms with Gasteiger partial charge < -0.3 is 12.5 Å². The van der Waals surface area contributed by atoms with E-state index in [1.54, 1.807) is 6.92 Å². The summed E-state index contributed by atoms with van der Waals surface area (Å²) < 4.78 is 0. The van der Waals surface area contributed by atoms with Gasteiger partial charge in [0.05, 0.1) is 0 Å². The molecule has 0 aromatic carbocycles. The SMILES string of the molecule is C[CH-]O.[CH3-].[Mg+2]. The summed E-state index contributed by atoms with van der Waals surface area (Å²) in [6, 6.07) is 0. The van der Waals surface area contributed by atoms with Crippen molar-refractivity contribution in [2.24, 2.45) is 0 Å². The Morgan fingerprint density at radius 3 is 1.60 bits per heavy atom. The fourth-order valence-electron chi connectivity index (χ4n) is 0. The van der Waals surface area contributed by atoms with Gasteiger partial charge in [-0.2, -0.15) is 6.92 Å². The maximum absolute atomic E-state index is 7.44. The van der Waals surface area contributed by atoms with E-state index in [1.165, 1.54) is 0 Å². The monoisotopic (exact) mass is 84.0 g/mol. The van der Waals surface area contributed by atoms with Gasteiger partial charge in [0.15, 0.2) is 0 Å². The minimum absolute atomic E-state index is 0. The standard InChI is InChI=1S/C2H5O.CH3.Mg/c1-2-3;;/h2-3H,1H3;1H3;/q2*-1;+2. The van der Waals surface area contributed by atoms with E-state index in [2.05, 4.69) is 0 Å². The van der Waals surface area contributed by atoms with Crippen molar-refractivity contribution < 1.29 is 5.11 Å². The summed E-state index contributed by atoms with van der Waals surface area (Å²) in [6.45, 7) is 2.56. The predicted octanol–water partition coefficient (Wildman–Crippen LogP) is 0.610. The Morgan fingerprint density at radius 1 is 1.60 bits per heavy atom. The zero-order valence-electron chi connectivity index (χ0n) is 3.73. The van der Waals surface area contributed by atoms with E-state index in [4.69, 9.17) is 5.11 Å². The number of hydrogen-bond donors (Lipinski definition) is 1. The second kappa shape index (κ2) is 22.0. The molecule has 0 aromatic rings. The van der Waals surface area contributed by atoms with Crippen LogP contribution in [0.4, 0.5) is 0 Å². The largest absolute Gasteiger partial charge is 2.00 e. The Balaban J connectivity index is -0.0000000200. The average Bonchev–Trinajstić information content (AvgIpc) is 0.918. The molecule has 0 aromatic heterocycles. The van der Waals surface area contributed by atoms with E-state index >= 15 is 0 Å². The first-order chi connectivity index (χ1) is 1.41. The zero-order chi connectivity index (χ0) is 2.71. The Morgan fingerprint density at radius 2 is 1.60 bits per heavy atom. The Labute approximate surface area is 49.5 Å². The molecule has 0 heterocycles. The van der Waals surface area contributed by atoms with Crippen LogP contribution >= 0.6 is 0 Å². The predicted molar refractivity (Wildman–Crippen MR) is 24.1 cm³/mol. The van der Waals surface area contributed by atoms with Gasteiger partial charge >= 0.3 is 23.1 Å². The van der Waals surface area contributed by atoms with Gasteiger partial charge in [-0.25, -0.2) is 6.61 Å². The third kappa shape index (κ3) is 66.6. The summed E-state index contributed by atoms with van der Waals surface area (Å²) in [5.74, 6) is 0. The van der Waals surface area contributed by atoms with Gasteiger partial charge in [0.1, 0.15) is 0 Å². The molecule has 0 saturated heterocycles. The molecule has 0 atom stereocenters. The summed E-state index contributed by atoms with van der Waals surface area (Å²) >= 11 is 0. The van der Waals surface area contributed by atoms with Crippen molar-refractivity contribution in [1.29, 1.82) is 0 Å². The smallest absolute Gasteiger partial charge is 0.566 e. The maximum Gasteiger partial charge on any atom is 2.00 e. The van der Waals surface area contributed by atoms with Gasteiger partial charge in [-0.1, -0.05) is 0 Å². The molecule has 1 N–H and O–H groups in total. The van der Waals surface area contributed by atoms with E-state index in [1.807, 2.05) is 0 Å². The molecule has 28 valence electrons. The Kier molecular flexibility index (Phi) is 75.8. The second-order valence-electron chi connectivity index (χ2n) is 0.258. The van der Waals surface area contributed by atoms with E-state index in [0.717, 1.165) is 6.61 Å². The molecule has 1 nitrogen and oxygen atoms in total. The number of hydrogen-bond acceptors (Lipinski definition) is 1. The van der Waals surface area contributed by atoms with E-state index in [0.29, 0.717) is 0 Å². The fraction of sp³-hybridized carbons (Fsp3) is 0.333. The van der Waals surface area contributed by atoms with Crippen molar-refractivity contribution in [2.45, 2.75) is 6.92 Å². The molecule has 0 aliphatic carbocycles. The minimum Gasteiger partial charge on any atom is -0.566 e. The molecule has 0 fully saturated rings. The van der Waals surface area contributed by atoms with Crippen LogP contribution in [0.1, 0.15) is 6.92 Å². The molecule has 0 amide bonds. The average molecular weight is 84.4 g/mol. The molecular weight excluding hydrogens is 76.3 g/mol. The summed E-state index contributed by atoms with van der Waals surface area (Å²) in [5.41, 5.74) is 0. The van der Waals surface area contributed by atoms with Gasteiger partial charge in [-0.05, 0) is 0 Å². The fourth-order valence-corrected chi connectivity index (χ4v) is 0. The van der Waals surface area contributed by atoms with Crippen LogP contribution in [0.2, 0.25) is 0 Å². The van der Waals surface area contributed by atoms with Crippen LogP contribution in [0.15, 0.2) is 0 Å². The second-order valence-corrected chi connectivity index (χ2v) is 0.258. The molecule has 0 saturated carbocycles. The van der Waals surface area contributed by atoms with E-state index in [9.17, 15) is 0 Å². The molecule has 0 unspecified atom stereocenters. The van der Waals surface area contributed by atoms with Crippen LogP contribution < -0.4 is 0 Å². The number of aliphatic hydroxyl groups excluding tert-OH is 1. The molecule has 0 aliphatic rings. The number of aliphatic hydroxyl groups is 1. The normalized spacial score (nSPS) is 3.60. The molecule has 0 radical (unpaired) electrons. The van der Waals surface area contributed by atoms with Crippen LogP contribution in [-0.4, -0.2) is 28.2 Å². The van der Waals surface area contributed by atoms with Crippen molar-refractivity contribution in [3.05, 3.63) is 14.0 Å². The van der Waals surface area contributed by atoms with Crippen LogP contribution in [-0.2, 0) is 0 Å². The molecule has 0 rings (SSSR count). The van der Waals surface area contributed by atoms with Crippen LogP contribution in [0.5, 0.6) is 0 Å². The molecule has 0 spiro atoms. The molecule has 2 heteroatoms. The number of rotatable bonds is 0. The van der Waals surface area contributed by atoms with Crippen molar-refractivity contribution in [3.63, 3.8) is 0 Å². The summed E-state index contributed by atoms with van der Waals surface area (Å²) in [5, 5.41) is 7.44. The van der Waals surface area contributed by atoms with Gasteiger partial charge in [0.2, 0.25) is 0 Å². The quantitative estimate of drug-likeness (QED) is 0.337. The third-order valence-electron chi connectivity index (χ3n) is 0. The first-order valence-electron chi connectivity index (χ1n) is 0.836.